The second-order valence-electron chi connectivity index (χ2n) is 17.0. The summed E-state index contributed by atoms with van der Waals surface area (Å²) in [5.74, 6) is 2.73. The van der Waals surface area contributed by atoms with Crippen LogP contribution in [-0.4, -0.2) is 73.3 Å². The van der Waals surface area contributed by atoms with Crippen molar-refractivity contribution in [2.75, 3.05) is 32.9 Å². The van der Waals surface area contributed by atoms with E-state index < -0.39 is 5.79 Å². The van der Waals surface area contributed by atoms with Gasteiger partial charge in [-0.05, 0) is 80.0 Å². The number of carbonyl (C=O) groups excluding carboxylic acids is 3. The van der Waals surface area contributed by atoms with Crippen LogP contribution in [0.25, 0.3) is 0 Å². The molecule has 8 rings (SSSR count). The number of hydrogen-bond donors (Lipinski definition) is 1. The lowest BCUT2D eigenvalue weighted by atomic mass is 9.44. The quantitative estimate of drug-likeness (QED) is 0.487. The minimum atomic E-state index is -0.493. The van der Waals surface area contributed by atoms with Crippen LogP contribution in [-0.2, 0) is 28.6 Å². The van der Waals surface area contributed by atoms with Gasteiger partial charge in [0.25, 0.3) is 0 Å². The Hall–Kier alpha value is -1.51. The molecule has 8 aliphatic rings. The van der Waals surface area contributed by atoms with E-state index in [1.165, 1.54) is 12.8 Å². The van der Waals surface area contributed by atoms with E-state index in [-0.39, 0.29) is 58.5 Å². The van der Waals surface area contributed by atoms with E-state index in [1.807, 2.05) is 0 Å². The Morgan fingerprint density at radius 2 is 1.79 bits per heavy atom. The lowest BCUT2D eigenvalue weighted by Gasteiger charge is -2.60. The van der Waals surface area contributed by atoms with E-state index >= 15 is 0 Å². The molecule has 2 spiro atoms. The lowest BCUT2D eigenvalue weighted by Crippen LogP contribution is -2.67. The Morgan fingerprint density at radius 3 is 2.49 bits per heavy atom. The third kappa shape index (κ3) is 4.13. The summed E-state index contributed by atoms with van der Waals surface area (Å²) in [5, 5.41) is 3.23. The molecule has 12 atom stereocenters. The van der Waals surface area contributed by atoms with Crippen molar-refractivity contribution in [3.05, 3.63) is 0 Å². The number of nitrogens with one attached hydrogen (secondary N) is 1. The molecule has 2 amide bonds. The van der Waals surface area contributed by atoms with Crippen LogP contribution in [0.4, 0.5) is 0 Å². The maximum Gasteiger partial charge on any atom is 0.232 e. The summed E-state index contributed by atoms with van der Waals surface area (Å²) in [6.07, 6.45) is 9.12. The van der Waals surface area contributed by atoms with Gasteiger partial charge in [0.05, 0.1) is 31.3 Å². The maximum atomic E-state index is 14.3. The second kappa shape index (κ2) is 9.75. The van der Waals surface area contributed by atoms with Crippen molar-refractivity contribution >= 4 is 17.6 Å². The van der Waals surface area contributed by atoms with Crippen LogP contribution in [0.2, 0.25) is 0 Å². The average Bonchev–Trinajstić information content (AvgIpc) is 3.36. The Morgan fingerprint density at radius 1 is 1.00 bits per heavy atom. The molecule has 8 fully saturated rings. The number of nitrogens with zero attached hydrogens (tertiary/aromatic N) is 1. The molecule has 238 valence electrons. The highest BCUT2D eigenvalue weighted by molar-refractivity contribution is 5.97. The van der Waals surface area contributed by atoms with Crippen molar-refractivity contribution in [3.8, 4) is 0 Å². The Kier molecular flexibility index (Phi) is 6.56. The number of rotatable bonds is 3. The van der Waals surface area contributed by atoms with Crippen LogP contribution in [0.5, 0.6) is 0 Å². The molecule has 0 bridgehead atoms. The highest BCUT2D eigenvalue weighted by Crippen LogP contribution is 2.70. The van der Waals surface area contributed by atoms with Crippen LogP contribution in [0, 0.1) is 57.7 Å². The van der Waals surface area contributed by atoms with Crippen molar-refractivity contribution < 1.29 is 28.6 Å². The number of ether oxygens (including phenoxy) is 3. The number of ketones is 1. The number of likely N-dealkylation sites (tertiary alicyclic amines) is 1. The third-order valence-electron chi connectivity index (χ3n) is 14.7. The molecular formula is C35H52N2O6. The van der Waals surface area contributed by atoms with Crippen molar-refractivity contribution in [2.45, 2.75) is 110 Å². The fourth-order valence-corrected chi connectivity index (χ4v) is 12.1. The molecule has 1 N–H and O–H groups in total. The summed E-state index contributed by atoms with van der Waals surface area (Å²) in [6.45, 7) is 13.0. The molecule has 4 aliphatic heterocycles. The van der Waals surface area contributed by atoms with Gasteiger partial charge >= 0.3 is 0 Å². The molecule has 0 radical (unpaired) electrons. The zero-order valence-corrected chi connectivity index (χ0v) is 26.7. The fraction of sp³-hybridized carbons (Fsp3) is 0.914. The number of carbonyl (C=O) groups is 3. The molecule has 0 unspecified atom stereocenters. The van der Waals surface area contributed by atoms with Crippen LogP contribution in [0.3, 0.4) is 0 Å². The monoisotopic (exact) mass is 596 g/mol. The van der Waals surface area contributed by atoms with Crippen molar-refractivity contribution in [1.29, 1.82) is 0 Å². The van der Waals surface area contributed by atoms with E-state index in [9.17, 15) is 14.4 Å². The van der Waals surface area contributed by atoms with Gasteiger partial charge < -0.3 is 24.4 Å². The molecule has 8 nitrogen and oxygen atoms in total. The van der Waals surface area contributed by atoms with Gasteiger partial charge in [0.2, 0.25) is 11.8 Å². The first-order valence-corrected chi connectivity index (χ1v) is 17.5. The van der Waals surface area contributed by atoms with Crippen LogP contribution < -0.4 is 5.32 Å². The van der Waals surface area contributed by atoms with Crippen molar-refractivity contribution in [3.63, 3.8) is 0 Å². The van der Waals surface area contributed by atoms with Gasteiger partial charge in [-0.1, -0.05) is 27.7 Å². The number of amides is 2. The Labute approximate surface area is 256 Å². The zero-order valence-electron chi connectivity index (χ0n) is 26.7. The van der Waals surface area contributed by atoms with Gasteiger partial charge in [-0.3, -0.25) is 14.4 Å². The Bertz CT molecular complexity index is 1180. The summed E-state index contributed by atoms with van der Waals surface area (Å²) in [6, 6.07) is 0.122. The summed E-state index contributed by atoms with van der Waals surface area (Å²) in [7, 11) is 0. The highest BCUT2D eigenvalue weighted by atomic mass is 16.7. The molecule has 4 saturated heterocycles. The van der Waals surface area contributed by atoms with Gasteiger partial charge in [0.15, 0.2) is 5.79 Å². The highest BCUT2D eigenvalue weighted by Gasteiger charge is 2.71. The van der Waals surface area contributed by atoms with E-state index in [0.717, 1.165) is 71.4 Å². The number of fused-ring (bicyclic) bond motifs is 7. The fourth-order valence-electron chi connectivity index (χ4n) is 12.1. The van der Waals surface area contributed by atoms with Crippen LogP contribution in [0.15, 0.2) is 0 Å². The minimum Gasteiger partial charge on any atom is -0.380 e. The van der Waals surface area contributed by atoms with E-state index in [1.54, 1.807) is 4.90 Å². The van der Waals surface area contributed by atoms with Gasteiger partial charge in [-0.15, -0.1) is 0 Å². The van der Waals surface area contributed by atoms with Gasteiger partial charge in [0, 0.05) is 49.2 Å². The van der Waals surface area contributed by atoms with E-state index in [0.29, 0.717) is 41.8 Å². The molecule has 4 aliphatic carbocycles. The largest absolute Gasteiger partial charge is 0.380 e. The van der Waals surface area contributed by atoms with Gasteiger partial charge in [-0.2, -0.15) is 0 Å². The van der Waals surface area contributed by atoms with Crippen molar-refractivity contribution in [1.82, 2.24) is 10.2 Å². The molecule has 8 heteroatoms. The SMILES string of the molecule is C[C@@H]1CC[C@@]2(OC1)O[C@H]1C[C@H]3[C@@H]4CC[C@H]5C[C@@H](NC(=O)CC(=O)N6CC7(COC7)C6)CC[C@]5(C)[C@H]4CC(=O)[C@]3(C)[C@H]1[C@@H]2C. The Balaban J connectivity index is 0.913. The average molecular weight is 597 g/mol. The van der Waals surface area contributed by atoms with Crippen molar-refractivity contribution in [2.24, 2.45) is 57.7 Å². The summed E-state index contributed by atoms with van der Waals surface area (Å²) < 4.78 is 18.6. The number of hydrogen-bond acceptors (Lipinski definition) is 6. The predicted molar refractivity (Wildman–Crippen MR) is 158 cm³/mol. The summed E-state index contributed by atoms with van der Waals surface area (Å²) in [5.41, 5.74) is -0.0182. The molecule has 0 aromatic carbocycles. The molecule has 4 saturated carbocycles. The summed E-state index contributed by atoms with van der Waals surface area (Å²) in [4.78, 5) is 41.7. The first kappa shape index (κ1) is 28.9. The van der Waals surface area contributed by atoms with E-state index in [2.05, 4.69) is 33.0 Å². The predicted octanol–water partition coefficient (Wildman–Crippen LogP) is 4.35. The minimum absolute atomic E-state index is 0.0526. The lowest BCUT2D eigenvalue weighted by molar-refractivity contribution is -0.272. The van der Waals surface area contributed by atoms with Crippen LogP contribution in [0.1, 0.15) is 91.9 Å². The van der Waals surface area contributed by atoms with Gasteiger partial charge in [-0.25, -0.2) is 0 Å². The van der Waals surface area contributed by atoms with E-state index in [4.69, 9.17) is 14.2 Å². The smallest absolute Gasteiger partial charge is 0.232 e. The normalized spacial score (nSPS) is 51.1. The first-order valence-electron chi connectivity index (χ1n) is 17.5. The number of Topliss-reactive ketones (excluding diaryl/α,β-unsaturated/α-hetero) is 1. The molecular weight excluding hydrogens is 544 g/mol. The second-order valence-corrected chi connectivity index (χ2v) is 17.0. The molecule has 0 aromatic heterocycles. The first-order chi connectivity index (χ1) is 20.5. The molecule has 0 aromatic rings. The topological polar surface area (TPSA) is 94.2 Å². The van der Waals surface area contributed by atoms with Crippen LogP contribution >= 0.6 is 0 Å². The maximum absolute atomic E-state index is 14.3. The zero-order chi connectivity index (χ0) is 29.9. The summed E-state index contributed by atoms with van der Waals surface area (Å²) >= 11 is 0. The third-order valence-corrected chi connectivity index (χ3v) is 14.7. The molecule has 43 heavy (non-hydrogen) atoms. The van der Waals surface area contributed by atoms with Gasteiger partial charge in [0.1, 0.15) is 12.2 Å². The molecule has 4 heterocycles. The standard InChI is InChI=1S/C35H52N2O6/c1-20-7-10-35(42-15-20)21(2)31-27(43-35)12-26-24-6-5-22-11-23(8-9-32(22,3)25(24)13-28(38)33(26,31)4)36-29(39)14-30(40)37-16-34(17-37)18-41-19-34/h20-27,31H,5-19H2,1-4H3,(H,36,39)/t20-,21+,22+,23+,24-,25+,26+,27+,31+,32+,33-,35-/m1/s1.